The number of amides is 3. The van der Waals surface area contributed by atoms with Gasteiger partial charge in [-0.25, -0.2) is 4.79 Å². The number of carbonyl (C=O) groups is 3. The van der Waals surface area contributed by atoms with Gasteiger partial charge in [0.2, 0.25) is 5.91 Å². The summed E-state index contributed by atoms with van der Waals surface area (Å²) in [5.41, 5.74) is 0. The largest absolute Gasteiger partial charge is 0.480 e. The van der Waals surface area contributed by atoms with Crippen LogP contribution in [0.3, 0.4) is 0 Å². The zero-order valence-corrected chi connectivity index (χ0v) is 9.95. The molecule has 0 aliphatic carbocycles. The summed E-state index contributed by atoms with van der Waals surface area (Å²) in [5, 5.41) is 15.7. The molecule has 0 aromatic carbocycles. The summed E-state index contributed by atoms with van der Waals surface area (Å²) < 4.78 is 0. The molecule has 0 fully saturated rings. The van der Waals surface area contributed by atoms with Crippen molar-refractivity contribution < 1.29 is 19.5 Å². The number of likely N-dealkylation sites (N-methyl/N-ethyl adjacent to an activating group) is 2. The van der Waals surface area contributed by atoms with Crippen LogP contribution in [0.25, 0.3) is 0 Å². The summed E-state index contributed by atoms with van der Waals surface area (Å²) >= 11 is 0. The Hall–Kier alpha value is -1.83. The van der Waals surface area contributed by atoms with E-state index in [-0.39, 0.29) is 12.6 Å². The zero-order chi connectivity index (χ0) is 13.3. The molecule has 3 amide bonds. The van der Waals surface area contributed by atoms with Crippen LogP contribution in [0, 0.1) is 0 Å². The Labute approximate surface area is 99.3 Å². The molecular formula is C9H18N4O4. The molecule has 0 saturated heterocycles. The number of nitrogens with one attached hydrogen (secondary N) is 3. The Bertz CT molecular complexity index is 282. The summed E-state index contributed by atoms with van der Waals surface area (Å²) in [6, 6.07) is -0.384. The third-order valence-corrected chi connectivity index (χ3v) is 1.88. The maximum absolute atomic E-state index is 11.4. The van der Waals surface area contributed by atoms with Crippen LogP contribution in [0.15, 0.2) is 0 Å². The van der Waals surface area contributed by atoms with Gasteiger partial charge in [0.15, 0.2) is 0 Å². The smallest absolute Gasteiger partial charge is 0.322 e. The molecule has 98 valence electrons. The predicted molar refractivity (Wildman–Crippen MR) is 60.6 cm³/mol. The number of carboxylic acids is 1. The van der Waals surface area contributed by atoms with E-state index < -0.39 is 18.4 Å². The minimum Gasteiger partial charge on any atom is -0.480 e. The molecule has 0 atom stereocenters. The molecule has 0 aliphatic heterocycles. The molecule has 0 rings (SSSR count). The molecule has 0 radical (unpaired) electrons. The lowest BCUT2D eigenvalue weighted by molar-refractivity contribution is -0.137. The van der Waals surface area contributed by atoms with E-state index >= 15 is 0 Å². The number of urea groups is 1. The van der Waals surface area contributed by atoms with E-state index in [0.29, 0.717) is 13.1 Å². The fourth-order valence-corrected chi connectivity index (χ4v) is 0.909. The van der Waals surface area contributed by atoms with Gasteiger partial charge in [0.05, 0.1) is 6.54 Å². The lowest BCUT2D eigenvalue weighted by atomic mass is 10.5. The van der Waals surface area contributed by atoms with Gasteiger partial charge in [-0.1, -0.05) is 0 Å². The van der Waals surface area contributed by atoms with Crippen molar-refractivity contribution in [1.29, 1.82) is 0 Å². The second-order valence-corrected chi connectivity index (χ2v) is 3.35. The normalized spacial score (nSPS) is 9.53. The van der Waals surface area contributed by atoms with E-state index in [4.69, 9.17) is 5.11 Å². The molecule has 0 bridgehead atoms. The first-order chi connectivity index (χ1) is 7.97. The maximum atomic E-state index is 11.4. The molecule has 0 unspecified atom stereocenters. The van der Waals surface area contributed by atoms with Crippen molar-refractivity contribution in [1.82, 2.24) is 20.9 Å². The lowest BCUT2D eigenvalue weighted by Gasteiger charge is -2.17. The lowest BCUT2D eigenvalue weighted by Crippen LogP contribution is -2.45. The van der Waals surface area contributed by atoms with Crippen molar-refractivity contribution in [2.24, 2.45) is 0 Å². The van der Waals surface area contributed by atoms with Gasteiger partial charge in [-0.15, -0.1) is 0 Å². The van der Waals surface area contributed by atoms with E-state index in [1.807, 2.05) is 0 Å². The second-order valence-electron chi connectivity index (χ2n) is 3.35. The second kappa shape index (κ2) is 8.34. The van der Waals surface area contributed by atoms with Crippen LogP contribution in [-0.4, -0.2) is 68.2 Å². The SMILES string of the molecule is CNCCN(C)C(=O)NCC(=O)NCC(=O)O. The van der Waals surface area contributed by atoms with Crippen LogP contribution in [0.1, 0.15) is 0 Å². The van der Waals surface area contributed by atoms with E-state index in [2.05, 4.69) is 16.0 Å². The predicted octanol–water partition coefficient (Wildman–Crippen LogP) is -1.95. The molecule has 0 spiro atoms. The Morgan fingerprint density at radius 3 is 2.35 bits per heavy atom. The van der Waals surface area contributed by atoms with Crippen LogP contribution in [0.2, 0.25) is 0 Å². The third-order valence-electron chi connectivity index (χ3n) is 1.88. The molecule has 0 aliphatic rings. The quantitative estimate of drug-likeness (QED) is 0.417. The minimum absolute atomic E-state index is 0.240. The Balaban J connectivity index is 3.75. The molecule has 0 aromatic heterocycles. The van der Waals surface area contributed by atoms with E-state index in [1.165, 1.54) is 4.90 Å². The molecule has 0 saturated carbocycles. The fourth-order valence-electron chi connectivity index (χ4n) is 0.909. The van der Waals surface area contributed by atoms with Crippen molar-refractivity contribution in [3.05, 3.63) is 0 Å². The van der Waals surface area contributed by atoms with Crippen LogP contribution >= 0.6 is 0 Å². The molecule has 8 nitrogen and oxygen atoms in total. The number of hydrogen-bond acceptors (Lipinski definition) is 4. The first-order valence-corrected chi connectivity index (χ1v) is 5.09. The molecular weight excluding hydrogens is 228 g/mol. The van der Waals surface area contributed by atoms with Gasteiger partial charge < -0.3 is 26.0 Å². The topological polar surface area (TPSA) is 111 Å². The summed E-state index contributed by atoms with van der Waals surface area (Å²) in [5.74, 6) is -1.67. The van der Waals surface area contributed by atoms with Gasteiger partial charge in [0, 0.05) is 20.1 Å². The number of carboxylic acid groups (broad SMARTS) is 1. The fraction of sp³-hybridized carbons (Fsp3) is 0.667. The van der Waals surface area contributed by atoms with Gasteiger partial charge in [-0.2, -0.15) is 0 Å². The average molecular weight is 246 g/mol. The molecule has 8 heteroatoms. The highest BCUT2D eigenvalue weighted by atomic mass is 16.4. The van der Waals surface area contributed by atoms with Gasteiger partial charge >= 0.3 is 12.0 Å². The van der Waals surface area contributed by atoms with Crippen molar-refractivity contribution in [2.75, 3.05) is 40.3 Å². The molecule has 4 N–H and O–H groups in total. The summed E-state index contributed by atoms with van der Waals surface area (Å²) in [7, 11) is 3.37. The van der Waals surface area contributed by atoms with Crippen LogP contribution in [-0.2, 0) is 9.59 Å². The number of nitrogens with zero attached hydrogens (tertiary/aromatic N) is 1. The van der Waals surface area contributed by atoms with Gasteiger partial charge in [0.25, 0.3) is 0 Å². The Morgan fingerprint density at radius 2 is 1.82 bits per heavy atom. The highest BCUT2D eigenvalue weighted by Crippen LogP contribution is 1.82. The van der Waals surface area contributed by atoms with E-state index in [9.17, 15) is 14.4 Å². The monoisotopic (exact) mass is 246 g/mol. The van der Waals surface area contributed by atoms with Gasteiger partial charge in [0.1, 0.15) is 6.54 Å². The van der Waals surface area contributed by atoms with Crippen molar-refractivity contribution in [2.45, 2.75) is 0 Å². The summed E-state index contributed by atoms with van der Waals surface area (Å²) in [6.07, 6.45) is 0. The summed E-state index contributed by atoms with van der Waals surface area (Å²) in [4.78, 5) is 34.0. The average Bonchev–Trinajstić information content (AvgIpc) is 2.30. The van der Waals surface area contributed by atoms with Gasteiger partial charge in [-0.05, 0) is 7.05 Å². The van der Waals surface area contributed by atoms with E-state index in [1.54, 1.807) is 14.1 Å². The Kier molecular flexibility index (Phi) is 7.44. The molecule has 17 heavy (non-hydrogen) atoms. The number of carbonyl (C=O) groups excluding carboxylic acids is 2. The highest BCUT2D eigenvalue weighted by Gasteiger charge is 2.09. The Morgan fingerprint density at radius 1 is 1.18 bits per heavy atom. The third kappa shape index (κ3) is 8.03. The first-order valence-electron chi connectivity index (χ1n) is 5.09. The molecule has 0 heterocycles. The number of aliphatic carboxylic acids is 1. The first kappa shape index (κ1) is 15.2. The van der Waals surface area contributed by atoms with Crippen LogP contribution in [0.4, 0.5) is 4.79 Å². The molecule has 0 aromatic rings. The number of hydrogen-bond donors (Lipinski definition) is 4. The number of rotatable bonds is 7. The van der Waals surface area contributed by atoms with Crippen molar-refractivity contribution in [3.63, 3.8) is 0 Å². The zero-order valence-electron chi connectivity index (χ0n) is 9.95. The van der Waals surface area contributed by atoms with Gasteiger partial charge in [-0.3, -0.25) is 9.59 Å². The van der Waals surface area contributed by atoms with Crippen LogP contribution in [0.5, 0.6) is 0 Å². The maximum Gasteiger partial charge on any atom is 0.322 e. The van der Waals surface area contributed by atoms with E-state index in [0.717, 1.165) is 0 Å². The standard InChI is InChI=1S/C9H18N4O4/c1-10-3-4-13(2)9(17)12-5-7(14)11-6-8(15)16/h10H,3-6H2,1-2H3,(H,11,14)(H,12,17)(H,15,16). The summed E-state index contributed by atoms with van der Waals surface area (Å²) in [6.45, 7) is 0.467. The highest BCUT2D eigenvalue weighted by molar-refractivity contribution is 5.86. The van der Waals surface area contributed by atoms with Crippen LogP contribution < -0.4 is 16.0 Å². The van der Waals surface area contributed by atoms with Crippen molar-refractivity contribution in [3.8, 4) is 0 Å². The van der Waals surface area contributed by atoms with Crippen molar-refractivity contribution >= 4 is 17.9 Å². The minimum atomic E-state index is -1.13.